The van der Waals surface area contributed by atoms with Gasteiger partial charge in [-0.3, -0.25) is 4.79 Å². The van der Waals surface area contributed by atoms with Crippen molar-refractivity contribution in [2.45, 2.75) is 51.0 Å². The largest absolute Gasteiger partial charge is 0.393 e. The van der Waals surface area contributed by atoms with Crippen LogP contribution in [-0.4, -0.2) is 17.5 Å². The van der Waals surface area contributed by atoms with Crippen LogP contribution in [0.3, 0.4) is 0 Å². The standard InChI is InChI=1S/C12H20O2/c13-10-6-8-11-7-4-2-1-3-5-9-12(11)14/h6,8,10-12,14H,1-5,7,9H2/b8-6+. The maximum absolute atomic E-state index is 10.2. The fourth-order valence-corrected chi connectivity index (χ4v) is 2.08. The third kappa shape index (κ3) is 4.05. The van der Waals surface area contributed by atoms with Crippen LogP contribution in [0, 0.1) is 5.92 Å². The Morgan fingerprint density at radius 2 is 1.64 bits per heavy atom. The molecule has 0 spiro atoms. The smallest absolute Gasteiger partial charge is 0.142 e. The molecule has 0 aliphatic heterocycles. The summed E-state index contributed by atoms with van der Waals surface area (Å²) < 4.78 is 0. The average Bonchev–Trinajstić information content (AvgIpc) is 2.28. The van der Waals surface area contributed by atoms with E-state index in [-0.39, 0.29) is 12.0 Å². The quantitative estimate of drug-likeness (QED) is 0.544. The summed E-state index contributed by atoms with van der Waals surface area (Å²) in [4.78, 5) is 10.2. The van der Waals surface area contributed by atoms with E-state index in [4.69, 9.17) is 0 Å². The fraction of sp³-hybridized carbons (Fsp3) is 0.750. The van der Waals surface area contributed by atoms with E-state index in [1.54, 1.807) is 0 Å². The Hall–Kier alpha value is -0.630. The van der Waals surface area contributed by atoms with E-state index < -0.39 is 0 Å². The summed E-state index contributed by atoms with van der Waals surface area (Å²) in [6, 6.07) is 0. The van der Waals surface area contributed by atoms with E-state index in [1.807, 2.05) is 6.08 Å². The Labute approximate surface area is 86.0 Å². The lowest BCUT2D eigenvalue weighted by Crippen LogP contribution is -2.18. The zero-order valence-corrected chi connectivity index (χ0v) is 8.69. The molecule has 1 N–H and O–H groups in total. The van der Waals surface area contributed by atoms with E-state index in [1.165, 1.54) is 31.8 Å². The van der Waals surface area contributed by atoms with Gasteiger partial charge in [-0.15, -0.1) is 0 Å². The SMILES string of the molecule is O=C/C=C/C1CCCCCCCC1O. The molecule has 14 heavy (non-hydrogen) atoms. The van der Waals surface area contributed by atoms with Gasteiger partial charge in [-0.25, -0.2) is 0 Å². The van der Waals surface area contributed by atoms with Crippen molar-refractivity contribution >= 4 is 6.29 Å². The van der Waals surface area contributed by atoms with Gasteiger partial charge in [0.05, 0.1) is 6.10 Å². The minimum Gasteiger partial charge on any atom is -0.393 e. The van der Waals surface area contributed by atoms with Gasteiger partial charge in [-0.2, -0.15) is 0 Å². The first-order chi connectivity index (χ1) is 6.84. The Kier molecular flexibility index (Phi) is 5.53. The molecule has 0 aromatic rings. The number of allylic oxidation sites excluding steroid dienone is 1. The maximum Gasteiger partial charge on any atom is 0.142 e. The van der Waals surface area contributed by atoms with Gasteiger partial charge in [-0.1, -0.05) is 38.2 Å². The van der Waals surface area contributed by atoms with E-state index in [0.29, 0.717) is 0 Å². The van der Waals surface area contributed by atoms with Crippen LogP contribution in [0.4, 0.5) is 0 Å². The molecule has 0 bridgehead atoms. The van der Waals surface area contributed by atoms with Crippen molar-refractivity contribution in [1.29, 1.82) is 0 Å². The molecule has 2 nitrogen and oxygen atoms in total. The topological polar surface area (TPSA) is 37.3 Å². The van der Waals surface area contributed by atoms with Crippen LogP contribution in [0.5, 0.6) is 0 Å². The van der Waals surface area contributed by atoms with Gasteiger partial charge in [0.15, 0.2) is 0 Å². The molecule has 0 aromatic heterocycles. The number of carbonyl (C=O) groups is 1. The van der Waals surface area contributed by atoms with Crippen molar-refractivity contribution in [3.05, 3.63) is 12.2 Å². The van der Waals surface area contributed by atoms with Gasteiger partial charge in [-0.05, 0) is 18.9 Å². The van der Waals surface area contributed by atoms with Crippen LogP contribution in [-0.2, 0) is 4.79 Å². The predicted molar refractivity (Wildman–Crippen MR) is 57.0 cm³/mol. The lowest BCUT2D eigenvalue weighted by Gasteiger charge is -2.18. The predicted octanol–water partition coefficient (Wildman–Crippen LogP) is 2.46. The lowest BCUT2D eigenvalue weighted by molar-refractivity contribution is -0.104. The molecule has 2 atom stereocenters. The highest BCUT2D eigenvalue weighted by Crippen LogP contribution is 2.23. The molecule has 0 heterocycles. The first kappa shape index (κ1) is 11.4. The van der Waals surface area contributed by atoms with Crippen LogP contribution in [0.2, 0.25) is 0 Å². The zero-order valence-electron chi connectivity index (χ0n) is 8.69. The number of aliphatic hydroxyl groups is 1. The van der Waals surface area contributed by atoms with Crippen molar-refractivity contribution in [1.82, 2.24) is 0 Å². The van der Waals surface area contributed by atoms with E-state index in [0.717, 1.165) is 25.5 Å². The van der Waals surface area contributed by atoms with Gasteiger partial charge >= 0.3 is 0 Å². The van der Waals surface area contributed by atoms with Crippen LogP contribution >= 0.6 is 0 Å². The highest BCUT2D eigenvalue weighted by molar-refractivity contribution is 5.64. The number of hydrogen-bond acceptors (Lipinski definition) is 2. The Morgan fingerprint density at radius 1 is 1.00 bits per heavy atom. The summed E-state index contributed by atoms with van der Waals surface area (Å²) in [5.41, 5.74) is 0. The summed E-state index contributed by atoms with van der Waals surface area (Å²) in [7, 11) is 0. The van der Waals surface area contributed by atoms with E-state index in [2.05, 4.69) is 0 Å². The highest BCUT2D eigenvalue weighted by Gasteiger charge is 2.16. The molecule has 80 valence electrons. The third-order valence-electron chi connectivity index (χ3n) is 2.97. The Balaban J connectivity index is 2.48. The molecule has 0 saturated heterocycles. The van der Waals surface area contributed by atoms with Crippen LogP contribution in [0.15, 0.2) is 12.2 Å². The summed E-state index contributed by atoms with van der Waals surface area (Å²) >= 11 is 0. The monoisotopic (exact) mass is 196 g/mol. The van der Waals surface area contributed by atoms with Gasteiger partial charge in [0, 0.05) is 5.92 Å². The van der Waals surface area contributed by atoms with Crippen molar-refractivity contribution in [3.8, 4) is 0 Å². The van der Waals surface area contributed by atoms with E-state index in [9.17, 15) is 9.90 Å². The molecule has 0 radical (unpaired) electrons. The van der Waals surface area contributed by atoms with Crippen molar-refractivity contribution in [2.75, 3.05) is 0 Å². The van der Waals surface area contributed by atoms with Crippen LogP contribution in [0.1, 0.15) is 44.9 Å². The summed E-state index contributed by atoms with van der Waals surface area (Å²) in [6.07, 6.45) is 11.9. The second-order valence-corrected chi connectivity index (χ2v) is 4.10. The molecule has 2 unspecified atom stereocenters. The normalized spacial score (nSPS) is 30.6. The van der Waals surface area contributed by atoms with Crippen molar-refractivity contribution < 1.29 is 9.90 Å². The number of aldehydes is 1. The molecule has 1 aliphatic carbocycles. The summed E-state index contributed by atoms with van der Waals surface area (Å²) in [5.74, 6) is 0.193. The maximum atomic E-state index is 10.2. The number of rotatable bonds is 2. The van der Waals surface area contributed by atoms with E-state index >= 15 is 0 Å². The first-order valence-corrected chi connectivity index (χ1v) is 5.64. The van der Waals surface area contributed by atoms with Crippen molar-refractivity contribution in [3.63, 3.8) is 0 Å². The molecule has 1 rings (SSSR count). The molecule has 2 heteroatoms. The molecule has 1 fully saturated rings. The van der Waals surface area contributed by atoms with Gasteiger partial charge in [0.1, 0.15) is 6.29 Å². The third-order valence-corrected chi connectivity index (χ3v) is 2.97. The average molecular weight is 196 g/mol. The molecule has 1 aliphatic rings. The number of hydrogen-bond donors (Lipinski definition) is 1. The summed E-state index contributed by atoms with van der Waals surface area (Å²) in [5, 5.41) is 9.86. The van der Waals surface area contributed by atoms with Crippen LogP contribution in [0.25, 0.3) is 0 Å². The lowest BCUT2D eigenvalue weighted by atomic mass is 9.93. The van der Waals surface area contributed by atoms with Gasteiger partial charge < -0.3 is 5.11 Å². The number of aliphatic hydroxyl groups excluding tert-OH is 1. The van der Waals surface area contributed by atoms with Gasteiger partial charge in [0.25, 0.3) is 0 Å². The summed E-state index contributed by atoms with van der Waals surface area (Å²) in [6.45, 7) is 0. The van der Waals surface area contributed by atoms with Crippen LogP contribution < -0.4 is 0 Å². The molecule has 0 aromatic carbocycles. The second kappa shape index (κ2) is 6.77. The molecule has 1 saturated carbocycles. The minimum atomic E-state index is -0.246. The Morgan fingerprint density at radius 3 is 2.36 bits per heavy atom. The Bertz CT molecular complexity index is 187. The van der Waals surface area contributed by atoms with Crippen molar-refractivity contribution in [2.24, 2.45) is 5.92 Å². The number of carbonyl (C=O) groups excluding carboxylic acids is 1. The molecular formula is C12H20O2. The molecular weight excluding hydrogens is 176 g/mol. The highest BCUT2D eigenvalue weighted by atomic mass is 16.3. The molecule has 0 amide bonds. The zero-order chi connectivity index (χ0) is 10.2. The minimum absolute atomic E-state index is 0.193. The first-order valence-electron chi connectivity index (χ1n) is 5.64. The fourth-order valence-electron chi connectivity index (χ4n) is 2.08. The second-order valence-electron chi connectivity index (χ2n) is 4.10. The van der Waals surface area contributed by atoms with Gasteiger partial charge in [0.2, 0.25) is 0 Å².